The van der Waals surface area contributed by atoms with Gasteiger partial charge in [-0.05, 0) is 43.0 Å². The highest BCUT2D eigenvalue weighted by Gasteiger charge is 2.09. The third-order valence-electron chi connectivity index (χ3n) is 2.90. The van der Waals surface area contributed by atoms with Crippen molar-refractivity contribution in [2.24, 2.45) is 0 Å². The van der Waals surface area contributed by atoms with E-state index in [-0.39, 0.29) is 0 Å². The van der Waals surface area contributed by atoms with Gasteiger partial charge >= 0.3 is 0 Å². The number of rotatable bonds is 5. The van der Waals surface area contributed by atoms with E-state index >= 15 is 0 Å². The maximum atomic E-state index is 11.1. The van der Waals surface area contributed by atoms with Gasteiger partial charge in [0.2, 0.25) is 5.78 Å². The zero-order chi connectivity index (χ0) is 13.7. The molecule has 1 N–H and O–H groups in total. The van der Waals surface area contributed by atoms with Gasteiger partial charge in [0.1, 0.15) is 5.75 Å². The molecule has 1 amide bonds. The zero-order valence-corrected chi connectivity index (χ0v) is 11.3. The van der Waals surface area contributed by atoms with E-state index in [0.29, 0.717) is 13.0 Å². The van der Waals surface area contributed by atoms with Crippen molar-refractivity contribution in [3.05, 3.63) is 28.8 Å². The van der Waals surface area contributed by atoms with Crippen molar-refractivity contribution in [1.29, 1.82) is 0 Å². The second-order valence-electron chi connectivity index (χ2n) is 4.31. The highest BCUT2D eigenvalue weighted by Crippen LogP contribution is 2.23. The number of carbonyl (C=O) groups excluding carboxylic acids is 2. The first kappa shape index (κ1) is 14.2. The molecule has 1 aromatic rings. The SMILES string of the molecule is COc1cc(C)c(C)cc1CCNC(=O)C(C)=O. The summed E-state index contributed by atoms with van der Waals surface area (Å²) in [5, 5.41) is 2.57. The van der Waals surface area contributed by atoms with Crippen LogP contribution >= 0.6 is 0 Å². The molecular formula is C14H19NO3. The Hall–Kier alpha value is -1.84. The van der Waals surface area contributed by atoms with Crippen LogP contribution in [0.25, 0.3) is 0 Å². The van der Waals surface area contributed by atoms with Crippen molar-refractivity contribution in [3.8, 4) is 5.75 Å². The highest BCUT2D eigenvalue weighted by molar-refractivity contribution is 6.35. The molecule has 0 saturated heterocycles. The van der Waals surface area contributed by atoms with E-state index < -0.39 is 11.7 Å². The van der Waals surface area contributed by atoms with E-state index in [0.717, 1.165) is 11.3 Å². The van der Waals surface area contributed by atoms with Crippen LogP contribution in [0.3, 0.4) is 0 Å². The predicted octanol–water partition coefficient (Wildman–Crippen LogP) is 1.56. The van der Waals surface area contributed by atoms with Crippen molar-refractivity contribution in [2.75, 3.05) is 13.7 Å². The number of ether oxygens (including phenoxy) is 1. The molecule has 0 bridgehead atoms. The summed E-state index contributed by atoms with van der Waals surface area (Å²) in [6.45, 7) is 5.74. The summed E-state index contributed by atoms with van der Waals surface area (Å²) < 4.78 is 5.31. The Labute approximate surface area is 107 Å². The molecule has 0 aliphatic carbocycles. The fraction of sp³-hybridized carbons (Fsp3) is 0.429. The summed E-state index contributed by atoms with van der Waals surface area (Å²) in [5.74, 6) is -0.199. The Morgan fingerprint density at radius 2 is 1.83 bits per heavy atom. The van der Waals surface area contributed by atoms with Gasteiger partial charge in [0.25, 0.3) is 5.91 Å². The predicted molar refractivity (Wildman–Crippen MR) is 69.9 cm³/mol. The summed E-state index contributed by atoms with van der Waals surface area (Å²) in [5.41, 5.74) is 3.39. The molecule has 0 spiro atoms. The van der Waals surface area contributed by atoms with Crippen LogP contribution in [-0.2, 0) is 16.0 Å². The molecule has 0 fully saturated rings. The van der Waals surface area contributed by atoms with Crippen molar-refractivity contribution in [1.82, 2.24) is 5.32 Å². The number of carbonyl (C=O) groups is 2. The fourth-order valence-corrected chi connectivity index (χ4v) is 1.67. The first-order chi connectivity index (χ1) is 8.45. The van der Waals surface area contributed by atoms with E-state index in [4.69, 9.17) is 4.74 Å². The summed E-state index contributed by atoms with van der Waals surface area (Å²) in [6.07, 6.45) is 0.642. The molecule has 4 heteroatoms. The first-order valence-electron chi connectivity index (χ1n) is 5.88. The lowest BCUT2D eigenvalue weighted by molar-refractivity contribution is -0.136. The Morgan fingerprint density at radius 1 is 1.22 bits per heavy atom. The lowest BCUT2D eigenvalue weighted by Crippen LogP contribution is -2.30. The third-order valence-corrected chi connectivity index (χ3v) is 2.90. The van der Waals surface area contributed by atoms with E-state index in [9.17, 15) is 9.59 Å². The lowest BCUT2D eigenvalue weighted by Gasteiger charge is -2.12. The molecule has 18 heavy (non-hydrogen) atoms. The van der Waals surface area contributed by atoms with Crippen LogP contribution in [0.2, 0.25) is 0 Å². The largest absolute Gasteiger partial charge is 0.496 e. The Bertz CT molecular complexity index is 466. The molecule has 0 heterocycles. The molecule has 1 aromatic carbocycles. The molecule has 0 radical (unpaired) electrons. The number of ketones is 1. The van der Waals surface area contributed by atoms with Gasteiger partial charge in [-0.3, -0.25) is 9.59 Å². The minimum Gasteiger partial charge on any atom is -0.496 e. The molecule has 0 aromatic heterocycles. The van der Waals surface area contributed by atoms with E-state index in [1.54, 1.807) is 7.11 Å². The molecule has 0 saturated carbocycles. The molecule has 98 valence electrons. The molecule has 0 aliphatic heterocycles. The Balaban J connectivity index is 2.70. The Kier molecular flexibility index (Phi) is 4.89. The molecular weight excluding hydrogens is 230 g/mol. The minimum atomic E-state index is -0.544. The number of nitrogens with one attached hydrogen (secondary N) is 1. The van der Waals surface area contributed by atoms with Crippen molar-refractivity contribution in [2.45, 2.75) is 27.2 Å². The van der Waals surface area contributed by atoms with Crippen LogP contribution < -0.4 is 10.1 Å². The van der Waals surface area contributed by atoms with Gasteiger partial charge in [-0.25, -0.2) is 0 Å². The molecule has 0 unspecified atom stereocenters. The Morgan fingerprint density at radius 3 is 2.39 bits per heavy atom. The standard InChI is InChI=1S/C14H19NO3/c1-9-7-12(13(18-4)8-10(9)2)5-6-15-14(17)11(3)16/h7-8H,5-6H2,1-4H3,(H,15,17). The summed E-state index contributed by atoms with van der Waals surface area (Å²) in [7, 11) is 1.63. The van der Waals surface area contributed by atoms with Gasteiger partial charge in [-0.2, -0.15) is 0 Å². The van der Waals surface area contributed by atoms with Crippen molar-refractivity contribution in [3.63, 3.8) is 0 Å². The van der Waals surface area contributed by atoms with Gasteiger partial charge in [-0.15, -0.1) is 0 Å². The van der Waals surface area contributed by atoms with Crippen LogP contribution in [0.1, 0.15) is 23.6 Å². The summed E-state index contributed by atoms with van der Waals surface area (Å²) >= 11 is 0. The number of hydrogen-bond donors (Lipinski definition) is 1. The second-order valence-corrected chi connectivity index (χ2v) is 4.31. The lowest BCUT2D eigenvalue weighted by atomic mass is 10.0. The van der Waals surface area contributed by atoms with E-state index in [1.807, 2.05) is 26.0 Å². The van der Waals surface area contributed by atoms with Crippen LogP contribution in [0.5, 0.6) is 5.75 Å². The molecule has 4 nitrogen and oxygen atoms in total. The number of methoxy groups -OCH3 is 1. The van der Waals surface area contributed by atoms with Gasteiger partial charge in [0, 0.05) is 13.5 Å². The topological polar surface area (TPSA) is 55.4 Å². The van der Waals surface area contributed by atoms with Gasteiger partial charge in [-0.1, -0.05) is 6.07 Å². The van der Waals surface area contributed by atoms with Crippen LogP contribution in [0.15, 0.2) is 12.1 Å². The fourth-order valence-electron chi connectivity index (χ4n) is 1.67. The zero-order valence-electron chi connectivity index (χ0n) is 11.3. The van der Waals surface area contributed by atoms with Crippen LogP contribution in [0.4, 0.5) is 0 Å². The average molecular weight is 249 g/mol. The van der Waals surface area contributed by atoms with Gasteiger partial charge < -0.3 is 10.1 Å². The maximum Gasteiger partial charge on any atom is 0.287 e. The number of aryl methyl sites for hydroxylation is 2. The minimum absolute atomic E-state index is 0.428. The second kappa shape index (κ2) is 6.19. The van der Waals surface area contributed by atoms with Crippen LogP contribution in [-0.4, -0.2) is 25.3 Å². The average Bonchev–Trinajstić information content (AvgIpc) is 2.32. The number of hydrogen-bond acceptors (Lipinski definition) is 3. The quantitative estimate of drug-likeness (QED) is 0.806. The van der Waals surface area contributed by atoms with E-state index in [1.165, 1.54) is 18.1 Å². The number of amides is 1. The smallest absolute Gasteiger partial charge is 0.287 e. The molecule has 1 rings (SSSR count). The normalized spacial score (nSPS) is 10.0. The highest BCUT2D eigenvalue weighted by atomic mass is 16.5. The number of Topliss-reactive ketones (excluding diaryl/α,β-unsaturated/α-hetero) is 1. The first-order valence-corrected chi connectivity index (χ1v) is 5.88. The van der Waals surface area contributed by atoms with Crippen molar-refractivity contribution < 1.29 is 14.3 Å². The number of benzene rings is 1. The van der Waals surface area contributed by atoms with Gasteiger partial charge in [0.05, 0.1) is 7.11 Å². The maximum absolute atomic E-state index is 11.1. The summed E-state index contributed by atoms with van der Waals surface area (Å²) in [6, 6.07) is 4.03. The molecule has 0 aliphatic rings. The van der Waals surface area contributed by atoms with E-state index in [2.05, 4.69) is 5.32 Å². The van der Waals surface area contributed by atoms with Gasteiger partial charge in [0.15, 0.2) is 0 Å². The van der Waals surface area contributed by atoms with Crippen LogP contribution in [0, 0.1) is 13.8 Å². The third kappa shape index (κ3) is 3.58. The monoisotopic (exact) mass is 249 g/mol. The summed E-state index contributed by atoms with van der Waals surface area (Å²) in [4.78, 5) is 21.9. The van der Waals surface area contributed by atoms with Crippen molar-refractivity contribution >= 4 is 11.7 Å². The molecule has 0 atom stereocenters.